The van der Waals surface area contributed by atoms with Crippen LogP contribution in [0.4, 0.5) is 14.6 Å². The third-order valence-electron chi connectivity index (χ3n) is 6.47. The van der Waals surface area contributed by atoms with Crippen molar-refractivity contribution in [1.82, 2.24) is 14.6 Å². The average molecular weight is 466 g/mol. The summed E-state index contributed by atoms with van der Waals surface area (Å²) in [5.41, 5.74) is 0.360. The molecule has 3 aromatic rings. The standard InChI is InChI=1S/C23H21F2N7S/c1-12(2)20(27)33-21(28)19-17(11-26)30-32-8-6-18(29-22(19)32)31-7-5-13-10-23(13,31)15-9-14(24)3-4-16(15)25/h3-4,6,8-9,12-13,27-28H,5,7,10H2,1-2H3/t13-,23+/m0/s1. The van der Waals surface area contributed by atoms with Crippen molar-refractivity contribution >= 4 is 33.3 Å². The van der Waals surface area contributed by atoms with E-state index in [1.807, 2.05) is 24.8 Å². The normalized spacial score (nSPS) is 21.3. The first-order valence-corrected chi connectivity index (χ1v) is 11.5. The fourth-order valence-electron chi connectivity index (χ4n) is 4.73. The topological polar surface area (TPSA) is 105 Å². The number of nitriles is 1. The summed E-state index contributed by atoms with van der Waals surface area (Å²) in [7, 11) is 0. The minimum absolute atomic E-state index is 0.0292. The number of halogens is 2. The number of nitrogens with one attached hydrogen (secondary N) is 2. The molecule has 0 unspecified atom stereocenters. The molecule has 1 saturated carbocycles. The van der Waals surface area contributed by atoms with Gasteiger partial charge in [0, 0.05) is 24.2 Å². The predicted molar refractivity (Wildman–Crippen MR) is 123 cm³/mol. The van der Waals surface area contributed by atoms with E-state index in [9.17, 15) is 14.0 Å². The van der Waals surface area contributed by atoms with Crippen molar-refractivity contribution in [2.45, 2.75) is 32.2 Å². The summed E-state index contributed by atoms with van der Waals surface area (Å²) in [6.07, 6.45) is 3.22. The molecule has 0 spiro atoms. The smallest absolute Gasteiger partial charge is 0.175 e. The molecule has 5 rings (SSSR count). The van der Waals surface area contributed by atoms with Gasteiger partial charge in [-0.3, -0.25) is 10.8 Å². The molecule has 168 valence electrons. The lowest BCUT2D eigenvalue weighted by atomic mass is 10.0. The number of piperidine rings is 1. The van der Waals surface area contributed by atoms with Gasteiger partial charge in [0.15, 0.2) is 11.3 Å². The first-order chi connectivity index (χ1) is 15.8. The molecule has 2 fully saturated rings. The van der Waals surface area contributed by atoms with E-state index in [0.717, 1.165) is 24.2 Å². The molecule has 1 aliphatic heterocycles. The van der Waals surface area contributed by atoms with Crippen LogP contribution in [0.25, 0.3) is 5.65 Å². The van der Waals surface area contributed by atoms with Crippen LogP contribution in [0.3, 0.4) is 0 Å². The molecular weight excluding hydrogens is 444 g/mol. The fourth-order valence-corrected chi connectivity index (χ4v) is 5.48. The van der Waals surface area contributed by atoms with Crippen molar-refractivity contribution in [3.05, 3.63) is 58.9 Å². The highest BCUT2D eigenvalue weighted by Gasteiger charge is 2.64. The molecule has 0 amide bonds. The summed E-state index contributed by atoms with van der Waals surface area (Å²) in [4.78, 5) is 6.74. The molecule has 2 atom stereocenters. The molecule has 1 aromatic carbocycles. The Morgan fingerprint density at radius 1 is 1.30 bits per heavy atom. The summed E-state index contributed by atoms with van der Waals surface area (Å²) in [5.74, 6) is -0.186. The predicted octanol–water partition coefficient (Wildman–Crippen LogP) is 4.70. The van der Waals surface area contributed by atoms with E-state index in [1.165, 1.54) is 16.6 Å². The SMILES string of the molecule is CC(C)C(=N)SC(=N)c1c(C#N)nn2ccc(N3CC[C@H]4C[C@]43c3cc(F)ccc3F)nc12. The lowest BCUT2D eigenvalue weighted by molar-refractivity contribution is 0.544. The van der Waals surface area contributed by atoms with E-state index in [4.69, 9.17) is 15.8 Å². The van der Waals surface area contributed by atoms with Crippen molar-refractivity contribution in [2.75, 3.05) is 11.4 Å². The van der Waals surface area contributed by atoms with E-state index in [-0.39, 0.29) is 28.1 Å². The highest BCUT2D eigenvalue weighted by atomic mass is 32.2. The third-order valence-corrected chi connectivity index (χ3v) is 7.57. The molecule has 2 aliphatic rings. The quantitative estimate of drug-likeness (QED) is 0.429. The zero-order valence-corrected chi connectivity index (χ0v) is 18.9. The molecule has 10 heteroatoms. The van der Waals surface area contributed by atoms with Gasteiger partial charge in [-0.1, -0.05) is 25.6 Å². The third kappa shape index (κ3) is 3.30. The number of hydrogen-bond acceptors (Lipinski definition) is 7. The van der Waals surface area contributed by atoms with Crippen molar-refractivity contribution < 1.29 is 8.78 Å². The molecule has 3 heterocycles. The van der Waals surface area contributed by atoms with Crippen molar-refractivity contribution in [1.29, 1.82) is 16.1 Å². The number of fused-ring (bicyclic) bond motifs is 2. The second kappa shape index (κ2) is 7.63. The lowest BCUT2D eigenvalue weighted by Crippen LogP contribution is -2.34. The second-order valence-electron chi connectivity index (χ2n) is 8.73. The van der Waals surface area contributed by atoms with Gasteiger partial charge in [-0.2, -0.15) is 10.4 Å². The summed E-state index contributed by atoms with van der Waals surface area (Å²) in [5, 5.41) is 30.8. The summed E-state index contributed by atoms with van der Waals surface area (Å²) in [6.45, 7) is 4.37. The molecular formula is C23H21F2N7S. The van der Waals surface area contributed by atoms with Crippen LogP contribution < -0.4 is 4.90 Å². The monoisotopic (exact) mass is 465 g/mol. The van der Waals surface area contributed by atoms with E-state index >= 15 is 0 Å². The van der Waals surface area contributed by atoms with Crippen LogP contribution in [0.5, 0.6) is 0 Å². The Hall–Kier alpha value is -3.32. The molecule has 7 nitrogen and oxygen atoms in total. The number of anilines is 1. The molecule has 2 N–H and O–H groups in total. The van der Waals surface area contributed by atoms with Crippen molar-refractivity contribution in [3.63, 3.8) is 0 Å². The summed E-state index contributed by atoms with van der Waals surface area (Å²) < 4.78 is 30.2. The number of aromatic nitrogens is 3. The van der Waals surface area contributed by atoms with E-state index in [1.54, 1.807) is 12.3 Å². The van der Waals surface area contributed by atoms with Crippen LogP contribution in [0.1, 0.15) is 43.5 Å². The van der Waals surface area contributed by atoms with Gasteiger partial charge >= 0.3 is 0 Å². The molecule has 1 aliphatic carbocycles. The van der Waals surface area contributed by atoms with E-state index in [0.29, 0.717) is 35.0 Å². The van der Waals surface area contributed by atoms with Gasteiger partial charge in [0.05, 0.1) is 16.1 Å². The summed E-state index contributed by atoms with van der Waals surface area (Å²) in [6, 6.07) is 7.33. The Kier molecular flexibility index (Phi) is 4.97. The Morgan fingerprint density at radius 2 is 2.09 bits per heavy atom. The number of nitrogens with zero attached hydrogens (tertiary/aromatic N) is 5. The van der Waals surface area contributed by atoms with E-state index in [2.05, 4.69) is 5.10 Å². The van der Waals surface area contributed by atoms with Crippen LogP contribution in [-0.2, 0) is 5.54 Å². The van der Waals surface area contributed by atoms with Crippen LogP contribution in [-0.4, -0.2) is 31.2 Å². The van der Waals surface area contributed by atoms with Gasteiger partial charge in [-0.15, -0.1) is 0 Å². The Labute approximate surface area is 193 Å². The zero-order valence-electron chi connectivity index (χ0n) is 18.1. The maximum Gasteiger partial charge on any atom is 0.175 e. The number of hydrogen-bond donors (Lipinski definition) is 2. The Balaban J connectivity index is 1.59. The number of rotatable bonds is 4. The summed E-state index contributed by atoms with van der Waals surface area (Å²) >= 11 is 0.974. The molecule has 0 radical (unpaired) electrons. The van der Waals surface area contributed by atoms with Crippen LogP contribution in [0, 0.1) is 45.6 Å². The first kappa shape index (κ1) is 21.5. The molecule has 0 bridgehead atoms. The van der Waals surface area contributed by atoms with Crippen molar-refractivity contribution in [3.8, 4) is 6.07 Å². The molecule has 33 heavy (non-hydrogen) atoms. The number of benzene rings is 1. The van der Waals surface area contributed by atoms with Gasteiger partial charge in [-0.25, -0.2) is 18.3 Å². The average Bonchev–Trinajstić information content (AvgIpc) is 3.21. The lowest BCUT2D eigenvalue weighted by Gasteiger charge is -2.30. The van der Waals surface area contributed by atoms with E-state index < -0.39 is 17.2 Å². The van der Waals surface area contributed by atoms with Gasteiger partial charge in [0.2, 0.25) is 0 Å². The van der Waals surface area contributed by atoms with Crippen LogP contribution >= 0.6 is 11.8 Å². The fraction of sp³-hybridized carbons (Fsp3) is 0.348. The number of thioether (sulfide) groups is 1. The largest absolute Gasteiger partial charge is 0.346 e. The van der Waals surface area contributed by atoms with Gasteiger partial charge in [-0.05, 0) is 43.0 Å². The van der Waals surface area contributed by atoms with Gasteiger partial charge < -0.3 is 4.90 Å². The highest BCUT2D eigenvalue weighted by Crippen LogP contribution is 2.63. The Bertz CT molecular complexity index is 1360. The highest BCUT2D eigenvalue weighted by molar-refractivity contribution is 8.26. The van der Waals surface area contributed by atoms with Crippen LogP contribution in [0.2, 0.25) is 0 Å². The maximum absolute atomic E-state index is 14.7. The van der Waals surface area contributed by atoms with Gasteiger partial charge in [0.1, 0.15) is 28.6 Å². The molecule has 2 aromatic heterocycles. The van der Waals surface area contributed by atoms with Gasteiger partial charge in [0.25, 0.3) is 0 Å². The minimum atomic E-state index is -0.641. The van der Waals surface area contributed by atoms with Crippen LogP contribution in [0.15, 0.2) is 30.5 Å². The second-order valence-corrected chi connectivity index (χ2v) is 9.78. The molecule has 1 saturated heterocycles. The first-order valence-electron chi connectivity index (χ1n) is 10.6. The maximum atomic E-state index is 14.7. The zero-order chi connectivity index (χ0) is 23.5. The van der Waals surface area contributed by atoms with Crippen molar-refractivity contribution in [2.24, 2.45) is 11.8 Å². The minimum Gasteiger partial charge on any atom is -0.346 e. The Morgan fingerprint density at radius 3 is 2.79 bits per heavy atom.